The molecule has 0 fully saturated rings. The van der Waals surface area contributed by atoms with E-state index in [9.17, 15) is 4.79 Å². The van der Waals surface area contributed by atoms with Crippen LogP contribution in [0.5, 0.6) is 5.75 Å². The molecule has 0 aliphatic heterocycles. The summed E-state index contributed by atoms with van der Waals surface area (Å²) in [4.78, 5) is 13.2. The van der Waals surface area contributed by atoms with Gasteiger partial charge in [-0.15, -0.1) is 0 Å². The normalized spacial score (nSPS) is 9.94. The summed E-state index contributed by atoms with van der Waals surface area (Å²) >= 11 is 4.04. The Bertz CT molecular complexity index is 337. The fourth-order valence-corrected chi connectivity index (χ4v) is 1.57. The Hall–Kier alpha value is -1.16. The first-order valence-electron chi connectivity index (χ1n) is 5.15. The Morgan fingerprint density at radius 1 is 1.38 bits per heavy atom. The van der Waals surface area contributed by atoms with Gasteiger partial charge in [-0.1, -0.05) is 12.1 Å². The van der Waals surface area contributed by atoms with Gasteiger partial charge in [-0.3, -0.25) is 4.79 Å². The number of amides is 1. The molecule has 1 rings (SSSR count). The third-order valence-electron chi connectivity index (χ3n) is 2.33. The van der Waals surface area contributed by atoms with E-state index in [0.717, 1.165) is 11.3 Å². The maximum atomic E-state index is 11.5. The zero-order valence-electron chi connectivity index (χ0n) is 9.64. The summed E-state index contributed by atoms with van der Waals surface area (Å²) in [5, 5.41) is 0. The molecule has 0 atom stereocenters. The second-order valence-electron chi connectivity index (χ2n) is 3.57. The molecule has 4 heteroatoms. The summed E-state index contributed by atoms with van der Waals surface area (Å²) in [6, 6.07) is 7.71. The van der Waals surface area contributed by atoms with E-state index in [1.165, 1.54) is 0 Å². The number of thiol groups is 1. The zero-order chi connectivity index (χ0) is 12.0. The monoisotopic (exact) mass is 239 g/mol. The van der Waals surface area contributed by atoms with Crippen molar-refractivity contribution in [2.75, 3.05) is 19.9 Å². The molecular weight excluding hydrogens is 222 g/mol. The largest absolute Gasteiger partial charge is 0.497 e. The third-order valence-corrected chi connectivity index (χ3v) is 2.55. The molecule has 1 aromatic rings. The number of ether oxygens (including phenoxy) is 1. The summed E-state index contributed by atoms with van der Waals surface area (Å²) in [6.07, 6.45) is 0.482. The van der Waals surface area contributed by atoms with Crippen LogP contribution in [0.4, 0.5) is 0 Å². The van der Waals surface area contributed by atoms with Gasteiger partial charge in [0, 0.05) is 20.0 Å². The van der Waals surface area contributed by atoms with Crippen LogP contribution in [0.2, 0.25) is 0 Å². The van der Waals surface area contributed by atoms with E-state index in [2.05, 4.69) is 12.6 Å². The molecule has 0 saturated heterocycles. The topological polar surface area (TPSA) is 29.5 Å². The molecule has 1 amide bonds. The van der Waals surface area contributed by atoms with Gasteiger partial charge in [0.15, 0.2) is 0 Å². The molecule has 0 N–H and O–H groups in total. The Labute approximate surface area is 102 Å². The van der Waals surface area contributed by atoms with Gasteiger partial charge in [0.05, 0.1) is 7.11 Å². The zero-order valence-corrected chi connectivity index (χ0v) is 10.5. The first-order valence-corrected chi connectivity index (χ1v) is 5.78. The molecule has 3 nitrogen and oxygen atoms in total. The molecular formula is C12H17NO2S. The van der Waals surface area contributed by atoms with E-state index in [0.29, 0.717) is 18.7 Å². The fourth-order valence-electron chi connectivity index (χ4n) is 1.38. The van der Waals surface area contributed by atoms with Gasteiger partial charge in [0.2, 0.25) is 5.91 Å². The van der Waals surface area contributed by atoms with Crippen LogP contribution in [-0.2, 0) is 11.3 Å². The average Bonchev–Trinajstić information content (AvgIpc) is 2.30. The van der Waals surface area contributed by atoms with Crippen molar-refractivity contribution in [2.24, 2.45) is 0 Å². The van der Waals surface area contributed by atoms with Crippen LogP contribution in [0.3, 0.4) is 0 Å². The third kappa shape index (κ3) is 3.77. The molecule has 0 aliphatic rings. The van der Waals surface area contributed by atoms with Crippen molar-refractivity contribution in [1.29, 1.82) is 0 Å². The summed E-state index contributed by atoms with van der Waals surface area (Å²) in [6.45, 7) is 0.622. The number of rotatable bonds is 5. The highest BCUT2D eigenvalue weighted by Crippen LogP contribution is 2.12. The number of nitrogens with zero attached hydrogens (tertiary/aromatic N) is 1. The number of carbonyl (C=O) groups is 1. The van der Waals surface area contributed by atoms with Gasteiger partial charge in [-0.2, -0.15) is 12.6 Å². The van der Waals surface area contributed by atoms with Gasteiger partial charge < -0.3 is 9.64 Å². The van der Waals surface area contributed by atoms with Crippen LogP contribution >= 0.6 is 12.6 Å². The van der Waals surface area contributed by atoms with Crippen molar-refractivity contribution in [3.63, 3.8) is 0 Å². The van der Waals surface area contributed by atoms with E-state index < -0.39 is 0 Å². The van der Waals surface area contributed by atoms with E-state index in [4.69, 9.17) is 4.74 Å². The van der Waals surface area contributed by atoms with Crippen molar-refractivity contribution in [3.8, 4) is 5.75 Å². The number of hydrogen-bond donors (Lipinski definition) is 1. The second kappa shape index (κ2) is 6.43. The van der Waals surface area contributed by atoms with Crippen molar-refractivity contribution < 1.29 is 9.53 Å². The predicted octanol–water partition coefficient (Wildman–Crippen LogP) is 1.97. The number of carbonyl (C=O) groups excluding carboxylic acids is 1. The van der Waals surface area contributed by atoms with Crippen molar-refractivity contribution in [3.05, 3.63) is 29.8 Å². The lowest BCUT2D eigenvalue weighted by molar-refractivity contribution is -0.129. The first kappa shape index (κ1) is 12.9. The standard InChI is InChI=1S/C12H17NO2S/c1-13(12(14)7-8-16)9-10-3-5-11(15-2)6-4-10/h3-6,16H,7-9H2,1-2H3. The lowest BCUT2D eigenvalue weighted by Crippen LogP contribution is -2.26. The molecule has 0 saturated carbocycles. The minimum atomic E-state index is 0.116. The first-order chi connectivity index (χ1) is 7.67. The molecule has 0 aromatic heterocycles. The number of hydrogen-bond acceptors (Lipinski definition) is 3. The lowest BCUT2D eigenvalue weighted by atomic mass is 10.2. The molecule has 88 valence electrons. The van der Waals surface area contributed by atoms with Crippen LogP contribution in [0.15, 0.2) is 24.3 Å². The quantitative estimate of drug-likeness (QED) is 0.796. The smallest absolute Gasteiger partial charge is 0.223 e. The van der Waals surface area contributed by atoms with Gasteiger partial charge in [0.25, 0.3) is 0 Å². The molecule has 0 unspecified atom stereocenters. The maximum Gasteiger partial charge on any atom is 0.223 e. The number of methoxy groups -OCH3 is 1. The fraction of sp³-hybridized carbons (Fsp3) is 0.417. The van der Waals surface area contributed by atoms with Crippen LogP contribution < -0.4 is 4.74 Å². The molecule has 0 heterocycles. The Morgan fingerprint density at radius 3 is 2.50 bits per heavy atom. The minimum absolute atomic E-state index is 0.116. The summed E-state index contributed by atoms with van der Waals surface area (Å²) in [5.41, 5.74) is 1.09. The van der Waals surface area contributed by atoms with Crippen molar-refractivity contribution >= 4 is 18.5 Å². The van der Waals surface area contributed by atoms with E-state index in [1.54, 1.807) is 19.1 Å². The molecule has 0 bridgehead atoms. The molecule has 0 aliphatic carbocycles. The summed E-state index contributed by atoms with van der Waals surface area (Å²) in [7, 11) is 3.44. The molecule has 1 aromatic carbocycles. The van der Waals surface area contributed by atoms with E-state index in [1.807, 2.05) is 24.3 Å². The molecule has 0 spiro atoms. The van der Waals surface area contributed by atoms with E-state index >= 15 is 0 Å². The average molecular weight is 239 g/mol. The Morgan fingerprint density at radius 2 is 2.00 bits per heavy atom. The van der Waals surface area contributed by atoms with Crippen LogP contribution in [-0.4, -0.2) is 30.7 Å². The minimum Gasteiger partial charge on any atom is -0.497 e. The van der Waals surface area contributed by atoms with E-state index in [-0.39, 0.29) is 5.91 Å². The van der Waals surface area contributed by atoms with Crippen molar-refractivity contribution in [2.45, 2.75) is 13.0 Å². The second-order valence-corrected chi connectivity index (χ2v) is 4.02. The van der Waals surface area contributed by atoms with Gasteiger partial charge in [-0.25, -0.2) is 0 Å². The summed E-state index contributed by atoms with van der Waals surface area (Å²) in [5.74, 6) is 1.53. The van der Waals surface area contributed by atoms with Crippen LogP contribution in [0.25, 0.3) is 0 Å². The van der Waals surface area contributed by atoms with Gasteiger partial charge in [0.1, 0.15) is 5.75 Å². The number of benzene rings is 1. The summed E-state index contributed by atoms with van der Waals surface area (Å²) < 4.78 is 5.07. The SMILES string of the molecule is COc1ccc(CN(C)C(=O)CCS)cc1. The van der Waals surface area contributed by atoms with Gasteiger partial charge >= 0.3 is 0 Å². The highest BCUT2D eigenvalue weighted by Gasteiger charge is 2.07. The van der Waals surface area contributed by atoms with Gasteiger partial charge in [-0.05, 0) is 23.4 Å². The van der Waals surface area contributed by atoms with Crippen LogP contribution in [0, 0.1) is 0 Å². The highest BCUT2D eigenvalue weighted by molar-refractivity contribution is 7.80. The maximum absolute atomic E-state index is 11.5. The van der Waals surface area contributed by atoms with Crippen LogP contribution in [0.1, 0.15) is 12.0 Å². The molecule has 0 radical (unpaired) electrons. The highest BCUT2D eigenvalue weighted by atomic mass is 32.1. The lowest BCUT2D eigenvalue weighted by Gasteiger charge is -2.16. The Kier molecular flexibility index (Phi) is 5.19. The Balaban J connectivity index is 2.55. The predicted molar refractivity (Wildman–Crippen MR) is 67.9 cm³/mol. The van der Waals surface area contributed by atoms with Crippen molar-refractivity contribution in [1.82, 2.24) is 4.90 Å². The molecule has 16 heavy (non-hydrogen) atoms.